The molecule has 0 bridgehead atoms. The van der Waals surface area contributed by atoms with Crippen LogP contribution in [0.5, 0.6) is 0 Å². The molecule has 0 amide bonds. The van der Waals surface area contributed by atoms with E-state index >= 15 is 0 Å². The number of fused-ring (bicyclic) bond motifs is 8. The second-order valence-electron chi connectivity index (χ2n) is 10.9. The van der Waals surface area contributed by atoms with Crippen LogP contribution in [0.2, 0.25) is 0 Å². The number of benzene rings is 7. The Labute approximate surface area is 238 Å². The van der Waals surface area contributed by atoms with Crippen molar-refractivity contribution in [2.75, 3.05) is 0 Å². The van der Waals surface area contributed by atoms with Gasteiger partial charge in [-0.05, 0) is 85.6 Å². The Morgan fingerprint density at radius 3 is 1.71 bits per heavy atom. The average molecular weight is 520 g/mol. The van der Waals surface area contributed by atoms with Gasteiger partial charge < -0.3 is 4.57 Å². The molecule has 41 heavy (non-hydrogen) atoms. The number of nitrogens with zero attached hydrogens (tertiary/aromatic N) is 1. The molecule has 0 unspecified atom stereocenters. The summed E-state index contributed by atoms with van der Waals surface area (Å²) in [4.78, 5) is 0. The highest BCUT2D eigenvalue weighted by Gasteiger charge is 2.23. The molecular formula is C40H25N. The minimum atomic E-state index is 1.17. The Morgan fingerprint density at radius 1 is 0.341 bits per heavy atom. The van der Waals surface area contributed by atoms with Crippen molar-refractivity contribution in [3.63, 3.8) is 0 Å². The predicted molar refractivity (Wildman–Crippen MR) is 174 cm³/mol. The van der Waals surface area contributed by atoms with Gasteiger partial charge in [0.25, 0.3) is 0 Å². The zero-order valence-electron chi connectivity index (χ0n) is 22.4. The second-order valence-corrected chi connectivity index (χ2v) is 10.9. The van der Waals surface area contributed by atoms with Crippen LogP contribution in [0.4, 0.5) is 0 Å². The van der Waals surface area contributed by atoms with Gasteiger partial charge in [-0.25, -0.2) is 0 Å². The maximum atomic E-state index is 2.44. The highest BCUT2D eigenvalue weighted by atomic mass is 15.0. The van der Waals surface area contributed by atoms with Gasteiger partial charge in [0.15, 0.2) is 0 Å². The van der Waals surface area contributed by atoms with Gasteiger partial charge in [-0.15, -0.1) is 0 Å². The number of para-hydroxylation sites is 1. The minimum absolute atomic E-state index is 1.17. The SMILES string of the molecule is c1ccc(-c2ccc(-n3c4ccccc4c4cc5c(cc43)-c3cccc4cccc(c34)-c3ccccc3-5)cc2)cc1. The summed E-state index contributed by atoms with van der Waals surface area (Å²) in [6.07, 6.45) is 0. The van der Waals surface area contributed by atoms with E-state index in [2.05, 4.69) is 156 Å². The van der Waals surface area contributed by atoms with Crippen LogP contribution in [0, 0.1) is 0 Å². The van der Waals surface area contributed by atoms with Crippen LogP contribution in [0.15, 0.2) is 152 Å². The summed E-state index contributed by atoms with van der Waals surface area (Å²) in [7, 11) is 0. The average Bonchev–Trinajstić information content (AvgIpc) is 3.31. The predicted octanol–water partition coefficient (Wildman–Crippen LogP) is 10.9. The highest BCUT2D eigenvalue weighted by Crippen LogP contribution is 2.49. The Hall–Kier alpha value is -5.40. The normalized spacial score (nSPS) is 11.9. The molecule has 1 aliphatic carbocycles. The standard InChI is InChI=1S/C40H25N/c1-2-10-26(11-3-1)27-20-22-29(23-21-27)41-38-19-7-6-16-32(38)37-24-35-31-15-5-4-14-30(31)33-17-8-12-28-13-9-18-34(40(28)33)36(35)25-39(37)41/h1-25H. The first-order valence-corrected chi connectivity index (χ1v) is 14.2. The van der Waals surface area contributed by atoms with Gasteiger partial charge >= 0.3 is 0 Å². The molecule has 0 atom stereocenters. The molecule has 0 saturated heterocycles. The Bertz CT molecular complexity index is 2280. The van der Waals surface area contributed by atoms with E-state index in [1.54, 1.807) is 0 Å². The topological polar surface area (TPSA) is 4.93 Å². The van der Waals surface area contributed by atoms with Crippen molar-refractivity contribution in [2.45, 2.75) is 0 Å². The Morgan fingerprint density at radius 2 is 0.927 bits per heavy atom. The first-order chi connectivity index (χ1) is 20.3. The van der Waals surface area contributed by atoms with Crippen LogP contribution in [0.3, 0.4) is 0 Å². The van der Waals surface area contributed by atoms with Gasteiger partial charge in [0.2, 0.25) is 0 Å². The van der Waals surface area contributed by atoms with Crippen LogP contribution in [-0.4, -0.2) is 4.57 Å². The molecule has 1 aliphatic rings. The third-order valence-corrected chi connectivity index (χ3v) is 8.75. The minimum Gasteiger partial charge on any atom is -0.309 e. The molecule has 1 nitrogen and oxygen atoms in total. The van der Waals surface area contributed by atoms with Crippen LogP contribution >= 0.6 is 0 Å². The van der Waals surface area contributed by atoms with Gasteiger partial charge in [-0.1, -0.05) is 121 Å². The fourth-order valence-corrected chi connectivity index (χ4v) is 6.92. The van der Waals surface area contributed by atoms with Crippen LogP contribution in [0.25, 0.3) is 82.8 Å². The summed E-state index contributed by atoms with van der Waals surface area (Å²) in [6.45, 7) is 0. The summed E-state index contributed by atoms with van der Waals surface area (Å²) in [5, 5.41) is 5.16. The van der Waals surface area contributed by atoms with E-state index in [9.17, 15) is 0 Å². The first-order valence-electron chi connectivity index (χ1n) is 14.2. The smallest absolute Gasteiger partial charge is 0.0547 e. The van der Waals surface area contributed by atoms with Crippen molar-refractivity contribution in [3.8, 4) is 50.2 Å². The van der Waals surface area contributed by atoms with Gasteiger partial charge in [0, 0.05) is 16.5 Å². The molecule has 7 aromatic carbocycles. The number of hydrogen-bond donors (Lipinski definition) is 0. The molecule has 1 heterocycles. The van der Waals surface area contributed by atoms with Crippen molar-refractivity contribution >= 4 is 32.6 Å². The van der Waals surface area contributed by atoms with E-state index < -0.39 is 0 Å². The second kappa shape index (κ2) is 8.55. The summed E-state index contributed by atoms with van der Waals surface area (Å²) in [5.41, 5.74) is 13.8. The van der Waals surface area contributed by atoms with E-state index in [1.807, 2.05) is 0 Å². The van der Waals surface area contributed by atoms with Gasteiger partial charge in [-0.2, -0.15) is 0 Å². The summed E-state index contributed by atoms with van der Waals surface area (Å²) >= 11 is 0. The lowest BCUT2D eigenvalue weighted by atomic mass is 9.92. The molecule has 0 aliphatic heterocycles. The summed E-state index contributed by atoms with van der Waals surface area (Å²) in [5.74, 6) is 0. The number of rotatable bonds is 2. The monoisotopic (exact) mass is 519 g/mol. The zero-order chi connectivity index (χ0) is 26.9. The number of hydrogen-bond acceptors (Lipinski definition) is 0. The maximum Gasteiger partial charge on any atom is 0.0547 e. The Kier molecular flexibility index (Phi) is 4.67. The molecule has 8 aromatic rings. The molecule has 0 N–H and O–H groups in total. The van der Waals surface area contributed by atoms with E-state index in [1.165, 1.54) is 82.8 Å². The van der Waals surface area contributed by atoms with E-state index in [0.29, 0.717) is 0 Å². The molecule has 0 spiro atoms. The maximum absolute atomic E-state index is 2.44. The lowest BCUT2D eigenvalue weighted by molar-refractivity contribution is 1.18. The molecule has 190 valence electrons. The summed E-state index contributed by atoms with van der Waals surface area (Å²) in [6, 6.07) is 55.6. The van der Waals surface area contributed by atoms with Crippen molar-refractivity contribution < 1.29 is 0 Å². The van der Waals surface area contributed by atoms with Crippen LogP contribution in [0.1, 0.15) is 0 Å². The summed E-state index contributed by atoms with van der Waals surface area (Å²) < 4.78 is 2.43. The molecule has 0 fully saturated rings. The third kappa shape index (κ3) is 3.24. The van der Waals surface area contributed by atoms with Gasteiger partial charge in [0.1, 0.15) is 0 Å². The van der Waals surface area contributed by atoms with Crippen LogP contribution in [-0.2, 0) is 0 Å². The van der Waals surface area contributed by atoms with E-state index in [0.717, 1.165) is 0 Å². The number of aromatic nitrogens is 1. The first kappa shape index (κ1) is 22.4. The molecule has 1 heteroatoms. The molecular weight excluding hydrogens is 494 g/mol. The molecule has 1 aromatic heterocycles. The quantitative estimate of drug-likeness (QED) is 0.214. The molecule has 9 rings (SSSR count). The molecule has 0 saturated carbocycles. The van der Waals surface area contributed by atoms with Crippen molar-refractivity contribution in [2.24, 2.45) is 0 Å². The fraction of sp³-hybridized carbons (Fsp3) is 0. The zero-order valence-corrected chi connectivity index (χ0v) is 22.4. The van der Waals surface area contributed by atoms with Gasteiger partial charge in [-0.3, -0.25) is 0 Å². The van der Waals surface area contributed by atoms with Gasteiger partial charge in [0.05, 0.1) is 11.0 Å². The van der Waals surface area contributed by atoms with E-state index in [-0.39, 0.29) is 0 Å². The lowest BCUT2D eigenvalue weighted by Gasteiger charge is -2.14. The lowest BCUT2D eigenvalue weighted by Crippen LogP contribution is -1.95. The fourth-order valence-electron chi connectivity index (χ4n) is 6.92. The van der Waals surface area contributed by atoms with Crippen molar-refractivity contribution in [1.82, 2.24) is 4.57 Å². The highest BCUT2D eigenvalue weighted by molar-refractivity contribution is 6.18. The van der Waals surface area contributed by atoms with E-state index in [4.69, 9.17) is 0 Å². The van der Waals surface area contributed by atoms with Crippen LogP contribution < -0.4 is 0 Å². The molecule has 0 radical (unpaired) electrons. The van der Waals surface area contributed by atoms with Crippen molar-refractivity contribution in [1.29, 1.82) is 0 Å². The largest absolute Gasteiger partial charge is 0.309 e. The third-order valence-electron chi connectivity index (χ3n) is 8.75. The Balaban J connectivity index is 1.38. The van der Waals surface area contributed by atoms with Crippen molar-refractivity contribution in [3.05, 3.63) is 152 Å².